The summed E-state index contributed by atoms with van der Waals surface area (Å²) in [4.78, 5) is 16.6. The van der Waals surface area contributed by atoms with E-state index in [-0.39, 0.29) is 5.91 Å². The number of ether oxygens (including phenoxy) is 1. The first-order valence-corrected chi connectivity index (χ1v) is 10.5. The highest BCUT2D eigenvalue weighted by molar-refractivity contribution is 7.81. The number of aromatic nitrogens is 1. The van der Waals surface area contributed by atoms with E-state index in [0.29, 0.717) is 35.8 Å². The molecule has 0 bridgehead atoms. The van der Waals surface area contributed by atoms with Gasteiger partial charge in [0.2, 0.25) is 0 Å². The molecule has 0 saturated carbocycles. The molecule has 1 atom stereocenters. The first-order chi connectivity index (χ1) is 14.5. The van der Waals surface area contributed by atoms with Crippen LogP contribution in [0.5, 0.6) is 5.75 Å². The summed E-state index contributed by atoms with van der Waals surface area (Å²) in [7, 11) is 0. The zero-order chi connectivity index (χ0) is 21.5. The fourth-order valence-electron chi connectivity index (χ4n) is 2.91. The molecular formula is C22H23N3O4S. The summed E-state index contributed by atoms with van der Waals surface area (Å²) < 4.78 is 28.8. The van der Waals surface area contributed by atoms with E-state index in [0.717, 1.165) is 11.1 Å². The highest BCUT2D eigenvalue weighted by Gasteiger charge is 2.19. The van der Waals surface area contributed by atoms with Gasteiger partial charge in [-0.15, -0.1) is 0 Å². The molecule has 0 fully saturated rings. The highest BCUT2D eigenvalue weighted by Crippen LogP contribution is 2.31. The molecule has 0 aliphatic heterocycles. The monoisotopic (exact) mass is 425 g/mol. The Morgan fingerprint density at radius 3 is 2.60 bits per heavy atom. The number of hydrogen-bond donors (Lipinski definition) is 2. The fraction of sp³-hybridized carbons (Fsp3) is 0.182. The summed E-state index contributed by atoms with van der Waals surface area (Å²) in [6.45, 7) is 4.58. The molecular weight excluding hydrogens is 402 g/mol. The van der Waals surface area contributed by atoms with Crippen molar-refractivity contribution in [3.63, 3.8) is 0 Å². The van der Waals surface area contributed by atoms with Gasteiger partial charge in [-0.1, -0.05) is 12.1 Å². The minimum Gasteiger partial charge on any atom is -0.494 e. The second kappa shape index (κ2) is 10.00. The Balaban J connectivity index is 1.85. The maximum atomic E-state index is 12.6. The van der Waals surface area contributed by atoms with E-state index in [4.69, 9.17) is 4.74 Å². The minimum absolute atomic E-state index is 0.282. The van der Waals surface area contributed by atoms with E-state index < -0.39 is 11.3 Å². The van der Waals surface area contributed by atoms with E-state index in [1.54, 1.807) is 60.9 Å². The van der Waals surface area contributed by atoms with Gasteiger partial charge in [0, 0.05) is 24.5 Å². The lowest BCUT2D eigenvalue weighted by Crippen LogP contribution is -2.24. The van der Waals surface area contributed by atoms with Gasteiger partial charge in [-0.2, -0.15) is 0 Å². The van der Waals surface area contributed by atoms with E-state index in [1.165, 1.54) is 4.31 Å². The number of rotatable bonds is 8. The van der Waals surface area contributed by atoms with Crippen LogP contribution in [0.3, 0.4) is 0 Å². The number of aryl methyl sites for hydroxylation is 1. The van der Waals surface area contributed by atoms with Crippen LogP contribution in [0.2, 0.25) is 0 Å². The maximum Gasteiger partial charge on any atom is 0.266 e. The van der Waals surface area contributed by atoms with E-state index in [9.17, 15) is 13.6 Å². The average molecular weight is 426 g/mol. The van der Waals surface area contributed by atoms with Gasteiger partial charge in [0.25, 0.3) is 17.2 Å². The van der Waals surface area contributed by atoms with Crippen LogP contribution >= 0.6 is 0 Å². The number of hydrogen-bond acceptors (Lipinski definition) is 4. The van der Waals surface area contributed by atoms with Crippen LogP contribution < -0.4 is 14.4 Å². The topological polar surface area (TPSA) is 91.8 Å². The van der Waals surface area contributed by atoms with E-state index in [1.807, 2.05) is 19.9 Å². The molecule has 7 nitrogen and oxygen atoms in total. The van der Waals surface area contributed by atoms with Crippen LogP contribution in [0.25, 0.3) is 0 Å². The third-order valence-electron chi connectivity index (χ3n) is 4.40. The third kappa shape index (κ3) is 5.22. The lowest BCUT2D eigenvalue weighted by Gasteiger charge is -2.23. The molecule has 0 aliphatic carbocycles. The number of pyridine rings is 1. The van der Waals surface area contributed by atoms with Crippen molar-refractivity contribution in [3.05, 3.63) is 83.7 Å². The van der Waals surface area contributed by atoms with Crippen LogP contribution in [0.15, 0.2) is 67.0 Å². The Morgan fingerprint density at radius 1 is 1.20 bits per heavy atom. The molecule has 1 heterocycles. The van der Waals surface area contributed by atoms with Crippen molar-refractivity contribution in [1.29, 1.82) is 0 Å². The van der Waals surface area contributed by atoms with E-state index in [2.05, 4.69) is 10.3 Å². The van der Waals surface area contributed by atoms with Crippen molar-refractivity contribution in [1.82, 2.24) is 10.3 Å². The number of nitrogens with zero attached hydrogens (tertiary/aromatic N) is 2. The van der Waals surface area contributed by atoms with Crippen LogP contribution in [-0.4, -0.2) is 26.3 Å². The summed E-state index contributed by atoms with van der Waals surface area (Å²) in [5.74, 6) is 0.389. The Hall–Kier alpha value is -3.23. The molecule has 0 aliphatic rings. The molecule has 0 spiro atoms. The van der Waals surface area contributed by atoms with Crippen molar-refractivity contribution >= 4 is 28.5 Å². The van der Waals surface area contributed by atoms with Gasteiger partial charge in [-0.3, -0.25) is 14.3 Å². The van der Waals surface area contributed by atoms with Crippen molar-refractivity contribution in [2.24, 2.45) is 0 Å². The molecule has 1 unspecified atom stereocenters. The largest absolute Gasteiger partial charge is 0.494 e. The van der Waals surface area contributed by atoms with E-state index >= 15 is 0 Å². The van der Waals surface area contributed by atoms with Crippen LogP contribution in [0.4, 0.5) is 11.4 Å². The van der Waals surface area contributed by atoms with Gasteiger partial charge in [-0.25, -0.2) is 8.51 Å². The molecule has 156 valence electrons. The Labute approximate surface area is 178 Å². The number of benzene rings is 2. The molecule has 8 heteroatoms. The van der Waals surface area contributed by atoms with Gasteiger partial charge in [0.1, 0.15) is 5.75 Å². The molecule has 30 heavy (non-hydrogen) atoms. The molecule has 0 saturated heterocycles. The summed E-state index contributed by atoms with van der Waals surface area (Å²) in [6, 6.07) is 15.6. The Bertz CT molecular complexity index is 1030. The zero-order valence-electron chi connectivity index (χ0n) is 16.7. The number of carbonyl (C=O) groups is 1. The second-order valence-electron chi connectivity index (χ2n) is 6.50. The number of anilines is 2. The average Bonchev–Trinajstić information content (AvgIpc) is 2.75. The lowest BCUT2D eigenvalue weighted by molar-refractivity contribution is 0.0951. The van der Waals surface area contributed by atoms with Crippen molar-refractivity contribution in [3.8, 4) is 5.75 Å². The SMILES string of the molecule is CCOc1ccc(N(c2cc(C(=O)NCc3cccnc3)ccc2C)S(=O)O)cc1. The van der Waals surface area contributed by atoms with Crippen LogP contribution in [-0.2, 0) is 17.8 Å². The predicted molar refractivity (Wildman–Crippen MR) is 117 cm³/mol. The van der Waals surface area contributed by atoms with Gasteiger partial charge >= 0.3 is 0 Å². The molecule has 1 aromatic heterocycles. The molecule has 3 aromatic rings. The quantitative estimate of drug-likeness (QED) is 0.533. The highest BCUT2D eigenvalue weighted by atomic mass is 32.2. The molecule has 0 radical (unpaired) electrons. The molecule has 3 rings (SSSR count). The molecule has 2 aromatic carbocycles. The zero-order valence-corrected chi connectivity index (χ0v) is 17.6. The molecule has 2 N–H and O–H groups in total. The summed E-state index contributed by atoms with van der Waals surface area (Å²) in [6.07, 6.45) is 3.35. The van der Waals surface area contributed by atoms with Crippen molar-refractivity contribution in [2.75, 3.05) is 10.9 Å². The Kier molecular flexibility index (Phi) is 7.16. The van der Waals surface area contributed by atoms with Gasteiger partial charge in [-0.05, 0) is 67.4 Å². The summed E-state index contributed by atoms with van der Waals surface area (Å²) in [5, 5.41) is 2.84. The van der Waals surface area contributed by atoms with Gasteiger partial charge in [0.15, 0.2) is 0 Å². The van der Waals surface area contributed by atoms with Crippen molar-refractivity contribution in [2.45, 2.75) is 20.4 Å². The maximum absolute atomic E-state index is 12.6. The smallest absolute Gasteiger partial charge is 0.266 e. The standard InChI is InChI=1S/C22H23N3O4S/c1-3-29-20-10-8-19(9-11-20)25(30(27)28)21-13-18(7-6-16(21)2)22(26)24-15-17-5-4-12-23-14-17/h4-14H,3,15H2,1-2H3,(H,24,26)(H,27,28). The fourth-order valence-corrected chi connectivity index (χ4v) is 3.58. The first-order valence-electron chi connectivity index (χ1n) is 9.41. The Morgan fingerprint density at radius 2 is 1.97 bits per heavy atom. The normalized spacial score (nSPS) is 11.6. The summed E-state index contributed by atoms with van der Waals surface area (Å²) in [5.41, 5.74) is 3.01. The van der Waals surface area contributed by atoms with Crippen molar-refractivity contribution < 1.29 is 18.3 Å². The summed E-state index contributed by atoms with van der Waals surface area (Å²) >= 11 is -2.33. The predicted octanol–water partition coefficient (Wildman–Crippen LogP) is 3.99. The first kappa shape index (κ1) is 21.5. The third-order valence-corrected chi connectivity index (χ3v) is 5.12. The number of carbonyl (C=O) groups excluding carboxylic acids is 1. The van der Waals surface area contributed by atoms with Crippen LogP contribution in [0, 0.1) is 6.92 Å². The minimum atomic E-state index is -2.33. The lowest BCUT2D eigenvalue weighted by atomic mass is 10.1. The molecule has 1 amide bonds. The van der Waals surface area contributed by atoms with Gasteiger partial charge < -0.3 is 10.1 Å². The number of amides is 1. The number of nitrogens with one attached hydrogen (secondary N) is 1. The van der Waals surface area contributed by atoms with Gasteiger partial charge in [0.05, 0.1) is 18.0 Å². The second-order valence-corrected chi connectivity index (χ2v) is 7.32. The van der Waals surface area contributed by atoms with Crippen LogP contribution in [0.1, 0.15) is 28.4 Å².